The minimum Gasteiger partial charge on any atom is -0.289 e. The van der Waals surface area contributed by atoms with E-state index in [1.807, 2.05) is 24.3 Å². The van der Waals surface area contributed by atoms with Crippen molar-refractivity contribution in [1.82, 2.24) is 0 Å². The van der Waals surface area contributed by atoms with Gasteiger partial charge in [-0.25, -0.2) is 0 Å². The van der Waals surface area contributed by atoms with Gasteiger partial charge in [0.1, 0.15) is 0 Å². The Balaban J connectivity index is 2.94. The summed E-state index contributed by atoms with van der Waals surface area (Å²) in [6.07, 6.45) is 0. The minimum absolute atomic E-state index is 0.112. The van der Waals surface area contributed by atoms with Gasteiger partial charge in [-0.1, -0.05) is 24.3 Å². The van der Waals surface area contributed by atoms with Crippen molar-refractivity contribution in [1.29, 1.82) is 0 Å². The highest BCUT2D eigenvalue weighted by molar-refractivity contribution is 5.91. The van der Waals surface area contributed by atoms with Crippen molar-refractivity contribution in [2.24, 2.45) is 0 Å². The highest BCUT2D eigenvalue weighted by Crippen LogP contribution is 2.28. The molecule has 2 rings (SSSR count). The molecular formula is C12H11O. The molecule has 0 amide bonds. The number of hydrogen-bond donors (Lipinski definition) is 0. The van der Waals surface area contributed by atoms with Crippen molar-refractivity contribution in [3.8, 4) is 5.75 Å². The van der Waals surface area contributed by atoms with E-state index in [0.717, 1.165) is 10.8 Å². The number of hydrogen-bond acceptors (Lipinski definition) is 0. The lowest BCUT2D eigenvalue weighted by Crippen LogP contribution is -1.82. The van der Waals surface area contributed by atoms with Gasteiger partial charge >= 0.3 is 0 Å². The maximum absolute atomic E-state index is 11.4. The fourth-order valence-electron chi connectivity index (χ4n) is 1.59. The Morgan fingerprint density at radius 3 is 2.46 bits per heavy atom. The molecule has 0 N–H and O–H groups in total. The number of rotatable bonds is 0. The molecule has 1 radical (unpaired) electrons. The summed E-state index contributed by atoms with van der Waals surface area (Å²) in [4.78, 5) is 0. The molecule has 0 bridgehead atoms. The van der Waals surface area contributed by atoms with Gasteiger partial charge in [0.25, 0.3) is 0 Å². The zero-order valence-electron chi connectivity index (χ0n) is 7.79. The van der Waals surface area contributed by atoms with E-state index in [2.05, 4.69) is 13.8 Å². The summed E-state index contributed by atoms with van der Waals surface area (Å²) < 4.78 is 0. The van der Waals surface area contributed by atoms with Crippen LogP contribution >= 0.6 is 0 Å². The summed E-state index contributed by atoms with van der Waals surface area (Å²) in [6, 6.07) is 9.33. The zero-order chi connectivity index (χ0) is 9.42. The van der Waals surface area contributed by atoms with Crippen LogP contribution in [0.25, 0.3) is 10.8 Å². The van der Waals surface area contributed by atoms with Crippen molar-refractivity contribution in [3.05, 3.63) is 41.5 Å². The smallest absolute Gasteiger partial charge is 0.186 e. The molecule has 2 aromatic carbocycles. The Bertz CT molecular complexity index is 458. The molecule has 0 fully saturated rings. The van der Waals surface area contributed by atoms with Gasteiger partial charge in [0, 0.05) is 5.39 Å². The maximum atomic E-state index is 11.4. The first-order valence-electron chi connectivity index (χ1n) is 4.36. The van der Waals surface area contributed by atoms with Crippen molar-refractivity contribution < 1.29 is 5.11 Å². The summed E-state index contributed by atoms with van der Waals surface area (Å²) in [5.41, 5.74) is 2.44. The Morgan fingerprint density at radius 1 is 0.923 bits per heavy atom. The fraction of sp³-hybridized carbons (Fsp3) is 0.167. The first kappa shape index (κ1) is 8.11. The monoisotopic (exact) mass is 171 g/mol. The van der Waals surface area contributed by atoms with Crippen LogP contribution in [-0.4, -0.2) is 0 Å². The quantitative estimate of drug-likeness (QED) is 0.577. The van der Waals surface area contributed by atoms with Gasteiger partial charge in [0.2, 0.25) is 0 Å². The molecule has 0 saturated carbocycles. The molecule has 0 aliphatic carbocycles. The summed E-state index contributed by atoms with van der Waals surface area (Å²) in [6.45, 7) is 4.11. The third-order valence-corrected chi connectivity index (χ3v) is 2.56. The minimum atomic E-state index is 0.112. The predicted molar refractivity (Wildman–Crippen MR) is 53.6 cm³/mol. The van der Waals surface area contributed by atoms with Crippen molar-refractivity contribution in [2.45, 2.75) is 13.8 Å². The SMILES string of the molecule is Cc1ccc2c([O])cccc2c1C. The van der Waals surface area contributed by atoms with Crippen LogP contribution in [-0.2, 0) is 5.11 Å². The van der Waals surface area contributed by atoms with Gasteiger partial charge in [0.15, 0.2) is 5.75 Å². The first-order valence-corrected chi connectivity index (χ1v) is 4.36. The highest BCUT2D eigenvalue weighted by atomic mass is 16.3. The summed E-state index contributed by atoms with van der Waals surface area (Å²) in [5.74, 6) is 0.112. The van der Waals surface area contributed by atoms with E-state index in [1.54, 1.807) is 6.07 Å². The highest BCUT2D eigenvalue weighted by Gasteiger charge is 2.03. The number of fused-ring (bicyclic) bond motifs is 1. The van der Waals surface area contributed by atoms with E-state index in [1.165, 1.54) is 11.1 Å². The zero-order valence-corrected chi connectivity index (χ0v) is 7.79. The summed E-state index contributed by atoms with van der Waals surface area (Å²) >= 11 is 0. The Kier molecular flexibility index (Phi) is 1.73. The molecule has 2 aromatic rings. The van der Waals surface area contributed by atoms with E-state index < -0.39 is 0 Å². The summed E-state index contributed by atoms with van der Waals surface area (Å²) in [7, 11) is 0. The van der Waals surface area contributed by atoms with Gasteiger partial charge in [0.05, 0.1) is 0 Å². The van der Waals surface area contributed by atoms with Gasteiger partial charge in [-0.3, -0.25) is 5.11 Å². The van der Waals surface area contributed by atoms with Gasteiger partial charge in [-0.15, -0.1) is 0 Å². The van der Waals surface area contributed by atoms with Crippen molar-refractivity contribution >= 4 is 10.8 Å². The normalized spacial score (nSPS) is 10.6. The Hall–Kier alpha value is -1.50. The van der Waals surface area contributed by atoms with Crippen molar-refractivity contribution in [3.63, 3.8) is 0 Å². The van der Waals surface area contributed by atoms with Crippen LogP contribution in [0.1, 0.15) is 11.1 Å². The molecular weight excluding hydrogens is 160 g/mol. The van der Waals surface area contributed by atoms with Crippen LogP contribution in [0.3, 0.4) is 0 Å². The predicted octanol–water partition coefficient (Wildman–Crippen LogP) is 3.60. The number of benzene rings is 2. The fourth-order valence-corrected chi connectivity index (χ4v) is 1.59. The Labute approximate surface area is 77.6 Å². The average Bonchev–Trinajstić information content (AvgIpc) is 2.12. The van der Waals surface area contributed by atoms with Crippen LogP contribution in [0.5, 0.6) is 5.75 Å². The lowest BCUT2D eigenvalue weighted by Gasteiger charge is -2.05. The molecule has 1 nitrogen and oxygen atoms in total. The lowest BCUT2D eigenvalue weighted by molar-refractivity contribution is 0.360. The molecule has 1 heteroatoms. The van der Waals surface area contributed by atoms with Crippen LogP contribution in [0.4, 0.5) is 0 Å². The topological polar surface area (TPSA) is 19.9 Å². The van der Waals surface area contributed by atoms with E-state index in [9.17, 15) is 5.11 Å². The standard InChI is InChI=1S/C12H11O/c1-8-6-7-11-10(9(8)2)4-3-5-12(11)13/h3-7H,1-2H3. The van der Waals surface area contributed by atoms with E-state index in [-0.39, 0.29) is 5.75 Å². The van der Waals surface area contributed by atoms with Crippen molar-refractivity contribution in [2.75, 3.05) is 0 Å². The average molecular weight is 171 g/mol. The molecule has 0 aliphatic heterocycles. The molecule has 65 valence electrons. The molecule has 13 heavy (non-hydrogen) atoms. The van der Waals surface area contributed by atoms with E-state index in [0.29, 0.717) is 0 Å². The van der Waals surface area contributed by atoms with Gasteiger partial charge in [-0.2, -0.15) is 0 Å². The second-order valence-electron chi connectivity index (χ2n) is 3.36. The third kappa shape index (κ3) is 1.17. The van der Waals surface area contributed by atoms with Crippen LogP contribution in [0.2, 0.25) is 0 Å². The molecule has 0 heterocycles. The first-order chi connectivity index (χ1) is 6.20. The van der Waals surface area contributed by atoms with E-state index >= 15 is 0 Å². The Morgan fingerprint density at radius 2 is 1.69 bits per heavy atom. The molecule has 0 spiro atoms. The lowest BCUT2D eigenvalue weighted by atomic mass is 10.0. The van der Waals surface area contributed by atoms with Crippen LogP contribution in [0.15, 0.2) is 30.3 Å². The van der Waals surface area contributed by atoms with Gasteiger partial charge in [-0.05, 0) is 36.4 Å². The maximum Gasteiger partial charge on any atom is 0.186 e. The third-order valence-electron chi connectivity index (χ3n) is 2.56. The molecule has 0 aliphatic rings. The van der Waals surface area contributed by atoms with Gasteiger partial charge < -0.3 is 0 Å². The molecule has 0 aromatic heterocycles. The number of aryl methyl sites for hydroxylation is 2. The summed E-state index contributed by atoms with van der Waals surface area (Å²) in [5, 5.41) is 13.3. The van der Waals surface area contributed by atoms with E-state index in [4.69, 9.17) is 0 Å². The molecule has 0 atom stereocenters. The second kappa shape index (κ2) is 2.77. The largest absolute Gasteiger partial charge is 0.289 e. The van der Waals surface area contributed by atoms with Crippen LogP contribution < -0.4 is 0 Å². The second-order valence-corrected chi connectivity index (χ2v) is 3.36. The molecule has 0 saturated heterocycles. The van der Waals surface area contributed by atoms with Crippen LogP contribution in [0, 0.1) is 13.8 Å². The molecule has 0 unspecified atom stereocenters.